The fourth-order valence-corrected chi connectivity index (χ4v) is 4.62. The minimum Gasteiger partial charge on any atom is -0.494 e. The summed E-state index contributed by atoms with van der Waals surface area (Å²) in [5, 5.41) is 8.25. The smallest absolute Gasteiger partial charge is 0.319 e. The number of hydrogen-bond acceptors (Lipinski definition) is 5. The van der Waals surface area contributed by atoms with E-state index in [9.17, 15) is 18.0 Å². The minimum absolute atomic E-state index is 0.0892. The molecule has 1 fully saturated rings. The Morgan fingerprint density at radius 3 is 2.46 bits per heavy atom. The predicted molar refractivity (Wildman–Crippen MR) is 108 cm³/mol. The highest BCUT2D eigenvalue weighted by Gasteiger charge is 2.28. The third kappa shape index (κ3) is 6.10. The maximum absolute atomic E-state index is 12.3. The van der Waals surface area contributed by atoms with Gasteiger partial charge < -0.3 is 20.7 Å². The summed E-state index contributed by atoms with van der Waals surface area (Å²) in [6.07, 6.45) is 1.73. The number of sulfonamides is 1. The van der Waals surface area contributed by atoms with Gasteiger partial charge in [-0.1, -0.05) is 6.92 Å². The van der Waals surface area contributed by atoms with E-state index in [1.165, 1.54) is 18.3 Å². The number of carbonyl (C=O) groups excluding carboxylic acids is 2. The summed E-state index contributed by atoms with van der Waals surface area (Å²) in [6.45, 7) is 4.06. The average molecular weight is 413 g/mol. The van der Waals surface area contributed by atoms with E-state index in [1.807, 2.05) is 6.92 Å². The van der Waals surface area contributed by atoms with Crippen LogP contribution in [0.15, 0.2) is 18.2 Å². The van der Waals surface area contributed by atoms with Gasteiger partial charge in [0.05, 0.1) is 18.6 Å². The van der Waals surface area contributed by atoms with Crippen LogP contribution in [0.5, 0.6) is 5.75 Å². The lowest BCUT2D eigenvalue weighted by Gasteiger charge is -2.31. The lowest BCUT2D eigenvalue weighted by Crippen LogP contribution is -2.47. The molecule has 0 unspecified atom stereocenters. The number of urea groups is 1. The van der Waals surface area contributed by atoms with Gasteiger partial charge in [-0.25, -0.2) is 17.5 Å². The topological polar surface area (TPSA) is 117 Å². The van der Waals surface area contributed by atoms with Gasteiger partial charge in [-0.15, -0.1) is 0 Å². The molecule has 1 aromatic carbocycles. The highest BCUT2D eigenvalue weighted by Crippen LogP contribution is 2.28. The zero-order valence-electron chi connectivity index (χ0n) is 16.4. The fraction of sp³-hybridized carbons (Fsp3) is 0.556. The molecule has 0 radical (unpaired) electrons. The van der Waals surface area contributed by atoms with Crippen LogP contribution < -0.4 is 20.7 Å². The van der Waals surface area contributed by atoms with Gasteiger partial charge in [-0.05, 0) is 31.4 Å². The van der Waals surface area contributed by atoms with Gasteiger partial charge in [0.1, 0.15) is 5.75 Å². The predicted octanol–water partition coefficient (Wildman–Crippen LogP) is 1.98. The van der Waals surface area contributed by atoms with Crippen molar-refractivity contribution in [2.24, 2.45) is 0 Å². The second-order valence-electron chi connectivity index (χ2n) is 6.68. The molecule has 0 spiro atoms. The van der Waals surface area contributed by atoms with Crippen molar-refractivity contribution < 1.29 is 22.7 Å². The van der Waals surface area contributed by atoms with E-state index in [-0.39, 0.29) is 23.7 Å². The molecule has 156 valence electrons. The van der Waals surface area contributed by atoms with Crippen LogP contribution in [0.2, 0.25) is 0 Å². The number of piperidine rings is 1. The zero-order chi connectivity index (χ0) is 20.7. The van der Waals surface area contributed by atoms with Crippen LogP contribution >= 0.6 is 0 Å². The number of carbonyl (C=O) groups is 2. The molecule has 1 saturated heterocycles. The third-order valence-electron chi connectivity index (χ3n) is 4.41. The SMILES string of the molecule is CCCS(=O)(=O)N1CCC(NC(=O)Nc2ccc(NC(C)=O)c(OC)c2)CC1. The molecule has 0 aromatic heterocycles. The Bertz CT molecular complexity index is 804. The molecular weight excluding hydrogens is 384 g/mol. The van der Waals surface area contributed by atoms with Gasteiger partial charge in [-0.3, -0.25) is 4.79 Å². The molecule has 10 heteroatoms. The standard InChI is InChI=1S/C18H28N4O5S/c1-4-11-28(25,26)22-9-7-14(8-10-22)20-18(24)21-15-5-6-16(19-13(2)23)17(12-15)27-3/h5-6,12,14H,4,7-11H2,1-3H3,(H,19,23)(H2,20,21,24). The van der Waals surface area contributed by atoms with Gasteiger partial charge in [0.25, 0.3) is 0 Å². The van der Waals surface area contributed by atoms with Crippen LogP contribution in [0.1, 0.15) is 33.1 Å². The lowest BCUT2D eigenvalue weighted by atomic mass is 10.1. The summed E-state index contributed by atoms with van der Waals surface area (Å²) in [6, 6.07) is 4.46. The number of ether oxygens (including phenoxy) is 1. The first-order valence-corrected chi connectivity index (χ1v) is 10.9. The number of nitrogens with zero attached hydrogens (tertiary/aromatic N) is 1. The first-order valence-electron chi connectivity index (χ1n) is 9.26. The molecule has 0 aliphatic carbocycles. The van der Waals surface area contributed by atoms with Crippen molar-refractivity contribution in [3.63, 3.8) is 0 Å². The number of amides is 3. The van der Waals surface area contributed by atoms with Crippen LogP contribution in [-0.2, 0) is 14.8 Å². The van der Waals surface area contributed by atoms with E-state index < -0.39 is 10.0 Å². The third-order valence-corrected chi connectivity index (χ3v) is 6.49. The number of benzene rings is 1. The van der Waals surface area contributed by atoms with Crippen molar-refractivity contribution in [1.29, 1.82) is 0 Å². The average Bonchev–Trinajstić information content (AvgIpc) is 2.63. The number of nitrogens with one attached hydrogen (secondary N) is 3. The maximum Gasteiger partial charge on any atom is 0.319 e. The Morgan fingerprint density at radius 2 is 1.89 bits per heavy atom. The van der Waals surface area contributed by atoms with Crippen molar-refractivity contribution in [3.8, 4) is 5.75 Å². The summed E-state index contributed by atoms with van der Waals surface area (Å²) >= 11 is 0. The first kappa shape index (κ1) is 22.0. The molecule has 2 rings (SSSR count). The summed E-state index contributed by atoms with van der Waals surface area (Å²) in [5.74, 6) is 0.369. The second kappa shape index (κ2) is 9.74. The maximum atomic E-state index is 12.3. The molecule has 3 N–H and O–H groups in total. The Hall–Kier alpha value is -2.33. The van der Waals surface area contributed by atoms with Crippen molar-refractivity contribution in [3.05, 3.63) is 18.2 Å². The summed E-state index contributed by atoms with van der Waals surface area (Å²) in [5.41, 5.74) is 1.04. The van der Waals surface area contributed by atoms with Crippen LogP contribution in [0.3, 0.4) is 0 Å². The van der Waals surface area contributed by atoms with Gasteiger partial charge in [0.15, 0.2) is 0 Å². The van der Waals surface area contributed by atoms with E-state index in [1.54, 1.807) is 18.2 Å². The number of rotatable bonds is 7. The van der Waals surface area contributed by atoms with Gasteiger partial charge >= 0.3 is 6.03 Å². The van der Waals surface area contributed by atoms with Crippen LogP contribution in [0.25, 0.3) is 0 Å². The zero-order valence-corrected chi connectivity index (χ0v) is 17.3. The number of anilines is 2. The lowest BCUT2D eigenvalue weighted by molar-refractivity contribution is -0.114. The molecule has 0 atom stereocenters. The Labute approximate surface area is 165 Å². The summed E-state index contributed by atoms with van der Waals surface area (Å²) in [4.78, 5) is 23.5. The minimum atomic E-state index is -3.19. The summed E-state index contributed by atoms with van der Waals surface area (Å²) < 4.78 is 30.9. The van der Waals surface area contributed by atoms with Crippen molar-refractivity contribution in [2.75, 3.05) is 36.6 Å². The first-order chi connectivity index (χ1) is 13.2. The number of hydrogen-bond donors (Lipinski definition) is 3. The molecule has 0 saturated carbocycles. The van der Waals surface area contributed by atoms with Crippen molar-refractivity contribution in [1.82, 2.24) is 9.62 Å². The Morgan fingerprint density at radius 1 is 1.21 bits per heavy atom. The normalized spacial score (nSPS) is 15.7. The van der Waals surface area contributed by atoms with E-state index in [2.05, 4.69) is 16.0 Å². The van der Waals surface area contributed by atoms with Crippen LogP contribution in [0.4, 0.5) is 16.2 Å². The second-order valence-corrected chi connectivity index (χ2v) is 8.77. The van der Waals surface area contributed by atoms with Crippen LogP contribution in [0, 0.1) is 0 Å². The Balaban J connectivity index is 1.89. The molecule has 1 heterocycles. The monoisotopic (exact) mass is 412 g/mol. The molecule has 28 heavy (non-hydrogen) atoms. The number of methoxy groups -OCH3 is 1. The van der Waals surface area contributed by atoms with Gasteiger partial charge in [-0.2, -0.15) is 0 Å². The fourth-order valence-electron chi connectivity index (χ4n) is 3.08. The van der Waals surface area contributed by atoms with Crippen molar-refractivity contribution >= 4 is 33.3 Å². The summed E-state index contributed by atoms with van der Waals surface area (Å²) in [7, 11) is -1.72. The molecule has 1 aromatic rings. The molecule has 3 amide bonds. The van der Waals surface area contributed by atoms with E-state index in [0.29, 0.717) is 49.5 Å². The molecule has 9 nitrogen and oxygen atoms in total. The highest BCUT2D eigenvalue weighted by molar-refractivity contribution is 7.89. The van der Waals surface area contributed by atoms with E-state index >= 15 is 0 Å². The molecular formula is C18H28N4O5S. The molecule has 0 bridgehead atoms. The Kier molecular flexibility index (Phi) is 7.64. The highest BCUT2D eigenvalue weighted by atomic mass is 32.2. The molecule has 1 aliphatic heterocycles. The van der Waals surface area contributed by atoms with Crippen molar-refractivity contribution in [2.45, 2.75) is 39.2 Å². The van der Waals surface area contributed by atoms with Gasteiger partial charge in [0, 0.05) is 37.8 Å². The van der Waals surface area contributed by atoms with E-state index in [0.717, 1.165) is 0 Å². The molecule has 1 aliphatic rings. The largest absolute Gasteiger partial charge is 0.494 e. The van der Waals surface area contributed by atoms with Crippen LogP contribution in [-0.4, -0.2) is 56.7 Å². The van der Waals surface area contributed by atoms with Gasteiger partial charge in [0.2, 0.25) is 15.9 Å². The quantitative estimate of drug-likeness (QED) is 0.633. The van der Waals surface area contributed by atoms with E-state index in [4.69, 9.17) is 4.74 Å².